The van der Waals surface area contributed by atoms with Crippen LogP contribution in [0.3, 0.4) is 0 Å². The predicted octanol–water partition coefficient (Wildman–Crippen LogP) is 3.70. The summed E-state index contributed by atoms with van der Waals surface area (Å²) in [5, 5.41) is 9.59. The maximum atomic E-state index is 9.59. The van der Waals surface area contributed by atoms with Crippen molar-refractivity contribution in [3.63, 3.8) is 0 Å². The van der Waals surface area contributed by atoms with E-state index in [1.54, 1.807) is 12.1 Å². The molecule has 3 nitrogen and oxygen atoms in total. The van der Waals surface area contributed by atoms with Crippen LogP contribution in [0.15, 0.2) is 42.5 Å². The van der Waals surface area contributed by atoms with E-state index in [4.69, 9.17) is 9.47 Å². The van der Waals surface area contributed by atoms with E-state index in [1.165, 1.54) is 11.1 Å². The molecule has 2 aromatic carbocycles. The molecule has 1 N–H and O–H groups in total. The summed E-state index contributed by atoms with van der Waals surface area (Å²) in [7, 11) is 0. The molecule has 104 valence electrons. The van der Waals surface area contributed by atoms with Crippen LogP contribution in [0.25, 0.3) is 11.1 Å². The molecule has 0 radical (unpaired) electrons. The van der Waals surface area contributed by atoms with Crippen molar-refractivity contribution >= 4 is 0 Å². The minimum Gasteiger partial charge on any atom is -0.508 e. The van der Waals surface area contributed by atoms with Crippen LogP contribution in [0.5, 0.6) is 11.5 Å². The zero-order valence-corrected chi connectivity index (χ0v) is 11.7. The number of benzene rings is 2. The Labute approximate surface area is 118 Å². The Morgan fingerprint density at radius 3 is 2.45 bits per heavy atom. The van der Waals surface area contributed by atoms with Crippen LogP contribution >= 0.6 is 0 Å². The Balaban J connectivity index is 0.000000581. The fraction of sp³-hybridized carbons (Fsp3) is 0.294. The second-order valence-electron chi connectivity index (χ2n) is 4.82. The Morgan fingerprint density at radius 1 is 1.00 bits per heavy atom. The lowest BCUT2D eigenvalue weighted by Gasteiger charge is -2.45. The highest BCUT2D eigenvalue weighted by molar-refractivity contribution is 5.77. The number of hydrogen-bond acceptors (Lipinski definition) is 3. The summed E-state index contributed by atoms with van der Waals surface area (Å²) in [6.45, 7) is 5.14. The largest absolute Gasteiger partial charge is 0.508 e. The average Bonchev–Trinajstić information content (AvgIpc) is 2.46. The van der Waals surface area contributed by atoms with E-state index in [9.17, 15) is 5.11 Å². The number of ether oxygens (including phenoxy) is 2. The van der Waals surface area contributed by atoms with Gasteiger partial charge in [0.05, 0.1) is 13.2 Å². The topological polar surface area (TPSA) is 38.7 Å². The molecule has 0 bridgehead atoms. The molecular weight excluding hydrogens is 252 g/mol. The molecule has 0 aromatic heterocycles. The second kappa shape index (κ2) is 4.84. The number of phenols is 1. The van der Waals surface area contributed by atoms with E-state index in [2.05, 4.69) is 12.1 Å². The summed E-state index contributed by atoms with van der Waals surface area (Å²) < 4.78 is 11.4. The number of fused-ring (bicyclic) bond motifs is 4. The molecule has 0 aliphatic carbocycles. The summed E-state index contributed by atoms with van der Waals surface area (Å²) in [6, 6.07) is 13.5. The van der Waals surface area contributed by atoms with E-state index in [0.717, 1.165) is 11.3 Å². The van der Waals surface area contributed by atoms with Gasteiger partial charge in [-0.25, -0.2) is 0 Å². The number of rotatable bonds is 0. The molecule has 1 fully saturated rings. The highest BCUT2D eigenvalue weighted by atomic mass is 16.6. The van der Waals surface area contributed by atoms with Crippen LogP contribution in [0.4, 0.5) is 0 Å². The van der Waals surface area contributed by atoms with Gasteiger partial charge in [-0.1, -0.05) is 38.1 Å². The van der Waals surface area contributed by atoms with Crippen molar-refractivity contribution in [1.82, 2.24) is 0 Å². The van der Waals surface area contributed by atoms with E-state index in [1.807, 2.05) is 32.0 Å². The number of aromatic hydroxyl groups is 1. The minimum absolute atomic E-state index is 0.225. The SMILES string of the molecule is CC.Oc1ccc2c(c1)OC1(COC1)c1ccccc1-2. The highest BCUT2D eigenvalue weighted by Crippen LogP contribution is 2.48. The summed E-state index contributed by atoms with van der Waals surface area (Å²) in [4.78, 5) is 0. The van der Waals surface area contributed by atoms with Gasteiger partial charge < -0.3 is 14.6 Å². The van der Waals surface area contributed by atoms with Crippen LogP contribution in [0.1, 0.15) is 19.4 Å². The van der Waals surface area contributed by atoms with Gasteiger partial charge in [0, 0.05) is 17.2 Å². The molecule has 2 aromatic rings. The van der Waals surface area contributed by atoms with Crippen molar-refractivity contribution in [2.24, 2.45) is 0 Å². The maximum Gasteiger partial charge on any atom is 0.181 e. The third kappa shape index (κ3) is 1.78. The molecule has 1 spiro atoms. The lowest BCUT2D eigenvalue weighted by atomic mass is 9.82. The van der Waals surface area contributed by atoms with Crippen molar-refractivity contribution in [3.05, 3.63) is 48.0 Å². The first kappa shape index (κ1) is 13.0. The van der Waals surface area contributed by atoms with Gasteiger partial charge in [0.15, 0.2) is 5.60 Å². The molecular formula is C17H18O3. The molecule has 4 rings (SSSR count). The Bertz CT molecular complexity index is 630. The molecule has 2 aliphatic heterocycles. The quantitative estimate of drug-likeness (QED) is 0.793. The molecule has 1 saturated heterocycles. The Morgan fingerprint density at radius 2 is 1.75 bits per heavy atom. The van der Waals surface area contributed by atoms with Crippen molar-refractivity contribution in [3.8, 4) is 22.6 Å². The Kier molecular flexibility index (Phi) is 3.14. The van der Waals surface area contributed by atoms with Crippen molar-refractivity contribution in [2.75, 3.05) is 13.2 Å². The van der Waals surface area contributed by atoms with E-state index >= 15 is 0 Å². The van der Waals surface area contributed by atoms with E-state index < -0.39 is 0 Å². The minimum atomic E-state index is -0.364. The van der Waals surface area contributed by atoms with Gasteiger partial charge >= 0.3 is 0 Å². The van der Waals surface area contributed by atoms with Crippen molar-refractivity contribution < 1.29 is 14.6 Å². The van der Waals surface area contributed by atoms with Crippen LogP contribution in [-0.4, -0.2) is 18.3 Å². The van der Waals surface area contributed by atoms with Gasteiger partial charge in [-0.15, -0.1) is 0 Å². The summed E-state index contributed by atoms with van der Waals surface area (Å²) >= 11 is 0. The average molecular weight is 270 g/mol. The van der Waals surface area contributed by atoms with Crippen LogP contribution in [0.2, 0.25) is 0 Å². The number of phenolic OH excluding ortho intramolecular Hbond substituents is 1. The van der Waals surface area contributed by atoms with Gasteiger partial charge in [-0.2, -0.15) is 0 Å². The normalized spacial score (nSPS) is 16.9. The van der Waals surface area contributed by atoms with Crippen LogP contribution < -0.4 is 4.74 Å². The molecule has 3 heteroatoms. The third-order valence-corrected chi connectivity index (χ3v) is 3.65. The van der Waals surface area contributed by atoms with Gasteiger partial charge in [0.2, 0.25) is 0 Å². The summed E-state index contributed by atoms with van der Waals surface area (Å²) in [5.41, 5.74) is 3.01. The summed E-state index contributed by atoms with van der Waals surface area (Å²) in [5.74, 6) is 0.959. The monoisotopic (exact) mass is 270 g/mol. The van der Waals surface area contributed by atoms with Gasteiger partial charge in [-0.3, -0.25) is 0 Å². The Hall–Kier alpha value is -2.00. The van der Waals surface area contributed by atoms with Gasteiger partial charge in [0.1, 0.15) is 11.5 Å². The van der Waals surface area contributed by atoms with E-state index in [0.29, 0.717) is 13.2 Å². The molecule has 2 heterocycles. The number of hydrogen-bond donors (Lipinski definition) is 1. The third-order valence-electron chi connectivity index (χ3n) is 3.65. The first-order chi connectivity index (χ1) is 9.78. The standard InChI is InChI=1S/C15H12O3.C2H6/c16-10-5-6-12-11-3-1-2-4-13(11)15(8-17-9-15)18-14(12)7-10;1-2/h1-7,16H,8-9H2;1-2H3. The second-order valence-corrected chi connectivity index (χ2v) is 4.82. The van der Waals surface area contributed by atoms with Gasteiger partial charge in [0.25, 0.3) is 0 Å². The lowest BCUT2D eigenvalue weighted by molar-refractivity contribution is -0.169. The molecule has 0 atom stereocenters. The zero-order chi connectivity index (χ0) is 14.2. The first-order valence-corrected chi connectivity index (χ1v) is 6.98. The van der Waals surface area contributed by atoms with Crippen LogP contribution in [-0.2, 0) is 10.3 Å². The maximum absolute atomic E-state index is 9.59. The van der Waals surface area contributed by atoms with Crippen molar-refractivity contribution in [1.29, 1.82) is 0 Å². The molecule has 0 unspecified atom stereocenters. The molecule has 0 saturated carbocycles. The highest BCUT2D eigenvalue weighted by Gasteiger charge is 2.47. The molecule has 2 aliphatic rings. The zero-order valence-electron chi connectivity index (χ0n) is 11.7. The fourth-order valence-electron chi connectivity index (χ4n) is 2.70. The smallest absolute Gasteiger partial charge is 0.181 e. The predicted molar refractivity (Wildman–Crippen MR) is 78.0 cm³/mol. The van der Waals surface area contributed by atoms with E-state index in [-0.39, 0.29) is 11.4 Å². The van der Waals surface area contributed by atoms with Gasteiger partial charge in [-0.05, 0) is 17.7 Å². The molecule has 20 heavy (non-hydrogen) atoms. The van der Waals surface area contributed by atoms with Crippen LogP contribution in [0, 0.1) is 0 Å². The van der Waals surface area contributed by atoms with Crippen molar-refractivity contribution in [2.45, 2.75) is 19.4 Å². The first-order valence-electron chi connectivity index (χ1n) is 6.98. The molecule has 0 amide bonds. The fourth-order valence-corrected chi connectivity index (χ4v) is 2.70. The summed E-state index contributed by atoms with van der Waals surface area (Å²) in [6.07, 6.45) is 0. The lowest BCUT2D eigenvalue weighted by Crippen LogP contribution is -2.52.